The molecule has 0 spiro atoms. The molecule has 1 aliphatic heterocycles. The van der Waals surface area contributed by atoms with Gasteiger partial charge in [-0.25, -0.2) is 4.39 Å². The zero-order valence-electron chi connectivity index (χ0n) is 11.6. The fourth-order valence-electron chi connectivity index (χ4n) is 2.97. The fourth-order valence-corrected chi connectivity index (χ4v) is 2.97. The van der Waals surface area contributed by atoms with Crippen LogP contribution >= 0.6 is 0 Å². The Hall–Kier alpha value is -1.09. The molecule has 0 radical (unpaired) electrons. The Morgan fingerprint density at radius 2 is 2.11 bits per heavy atom. The van der Waals surface area contributed by atoms with Crippen LogP contribution in [-0.2, 0) is 6.42 Å². The minimum absolute atomic E-state index is 0.179. The summed E-state index contributed by atoms with van der Waals surface area (Å²) in [6, 6.07) is 5.59. The van der Waals surface area contributed by atoms with Crippen molar-refractivity contribution in [2.24, 2.45) is 0 Å². The molecular formula is C15H22FNO. The van der Waals surface area contributed by atoms with E-state index in [2.05, 4.69) is 18.7 Å². The van der Waals surface area contributed by atoms with Crippen molar-refractivity contribution in [3.63, 3.8) is 0 Å². The molecule has 0 saturated heterocycles. The van der Waals surface area contributed by atoms with Gasteiger partial charge in [-0.15, -0.1) is 0 Å². The number of aliphatic hydroxyl groups is 1. The van der Waals surface area contributed by atoms with E-state index in [0.29, 0.717) is 12.5 Å². The maximum Gasteiger partial charge on any atom is 0.123 e. The standard InChI is InChI=1S/C15H22FNO/c1-10(2)17-13(9-15(3,4)18)8-11-7-12(16)5-6-14(11)17/h5-7,10,13,18H,8-9H2,1-4H3. The smallest absolute Gasteiger partial charge is 0.123 e. The predicted octanol–water partition coefficient (Wildman–Crippen LogP) is 3.13. The van der Waals surface area contributed by atoms with Crippen molar-refractivity contribution in [2.45, 2.75) is 58.2 Å². The van der Waals surface area contributed by atoms with Crippen LogP contribution in [0.1, 0.15) is 39.7 Å². The second-order valence-electron chi connectivity index (χ2n) is 6.15. The molecule has 2 nitrogen and oxygen atoms in total. The first-order valence-electron chi connectivity index (χ1n) is 6.57. The predicted molar refractivity (Wildman–Crippen MR) is 72.4 cm³/mol. The summed E-state index contributed by atoms with van der Waals surface area (Å²) in [6.07, 6.45) is 1.51. The normalized spacial score (nSPS) is 19.5. The summed E-state index contributed by atoms with van der Waals surface area (Å²) >= 11 is 0. The van der Waals surface area contributed by atoms with E-state index in [1.807, 2.05) is 19.9 Å². The van der Waals surface area contributed by atoms with Crippen molar-refractivity contribution in [3.8, 4) is 0 Å². The summed E-state index contributed by atoms with van der Waals surface area (Å²) in [5.74, 6) is -0.179. The molecular weight excluding hydrogens is 229 g/mol. The van der Waals surface area contributed by atoms with Crippen molar-refractivity contribution in [3.05, 3.63) is 29.6 Å². The van der Waals surface area contributed by atoms with E-state index in [4.69, 9.17) is 0 Å². The van der Waals surface area contributed by atoms with Crippen molar-refractivity contribution in [2.75, 3.05) is 4.90 Å². The van der Waals surface area contributed by atoms with Crippen LogP contribution in [0.15, 0.2) is 18.2 Å². The average molecular weight is 251 g/mol. The Bertz CT molecular complexity index is 437. The zero-order chi connectivity index (χ0) is 13.5. The van der Waals surface area contributed by atoms with E-state index < -0.39 is 5.60 Å². The minimum atomic E-state index is -0.696. The number of anilines is 1. The first kappa shape index (κ1) is 13.3. The van der Waals surface area contributed by atoms with Gasteiger partial charge in [0, 0.05) is 17.8 Å². The molecule has 1 unspecified atom stereocenters. The lowest BCUT2D eigenvalue weighted by Crippen LogP contribution is -2.42. The van der Waals surface area contributed by atoms with Crippen molar-refractivity contribution < 1.29 is 9.50 Å². The lowest BCUT2D eigenvalue weighted by molar-refractivity contribution is 0.0629. The number of rotatable bonds is 3. The van der Waals surface area contributed by atoms with Gasteiger partial charge in [-0.05, 0) is 64.3 Å². The summed E-state index contributed by atoms with van der Waals surface area (Å²) in [5.41, 5.74) is 1.47. The van der Waals surface area contributed by atoms with Crippen molar-refractivity contribution in [1.29, 1.82) is 0 Å². The lowest BCUT2D eigenvalue weighted by Gasteiger charge is -2.34. The molecule has 0 amide bonds. The van der Waals surface area contributed by atoms with E-state index in [0.717, 1.165) is 17.7 Å². The molecule has 1 aromatic carbocycles. The third-order valence-electron chi connectivity index (χ3n) is 3.46. The molecule has 0 aromatic heterocycles. The Labute approximate surface area is 108 Å². The molecule has 1 atom stereocenters. The molecule has 0 aliphatic carbocycles. The van der Waals surface area contributed by atoms with E-state index in [-0.39, 0.29) is 11.9 Å². The molecule has 100 valence electrons. The molecule has 0 fully saturated rings. The van der Waals surface area contributed by atoms with Gasteiger partial charge in [0.25, 0.3) is 0 Å². The van der Waals surface area contributed by atoms with E-state index in [9.17, 15) is 9.50 Å². The van der Waals surface area contributed by atoms with Gasteiger partial charge in [-0.3, -0.25) is 0 Å². The molecule has 1 heterocycles. The van der Waals surface area contributed by atoms with E-state index in [1.54, 1.807) is 6.07 Å². The second kappa shape index (κ2) is 4.54. The summed E-state index contributed by atoms with van der Waals surface area (Å²) in [5, 5.41) is 10.0. The number of benzene rings is 1. The molecule has 1 N–H and O–H groups in total. The Morgan fingerprint density at radius 3 is 2.67 bits per heavy atom. The number of hydrogen-bond acceptors (Lipinski definition) is 2. The van der Waals surface area contributed by atoms with Crippen LogP contribution in [0, 0.1) is 5.82 Å². The van der Waals surface area contributed by atoms with Gasteiger partial charge >= 0.3 is 0 Å². The summed E-state index contributed by atoms with van der Waals surface area (Å²) in [7, 11) is 0. The topological polar surface area (TPSA) is 23.5 Å². The van der Waals surface area contributed by atoms with E-state index in [1.165, 1.54) is 6.07 Å². The molecule has 2 rings (SSSR count). The van der Waals surface area contributed by atoms with Crippen molar-refractivity contribution in [1.82, 2.24) is 0 Å². The number of nitrogens with zero attached hydrogens (tertiary/aromatic N) is 1. The molecule has 0 bridgehead atoms. The first-order valence-corrected chi connectivity index (χ1v) is 6.57. The highest BCUT2D eigenvalue weighted by atomic mass is 19.1. The Kier molecular flexibility index (Phi) is 3.37. The summed E-state index contributed by atoms with van der Waals surface area (Å²) in [4.78, 5) is 2.30. The van der Waals surface area contributed by atoms with Gasteiger partial charge in [0.15, 0.2) is 0 Å². The van der Waals surface area contributed by atoms with Crippen LogP contribution in [0.3, 0.4) is 0 Å². The molecule has 1 aromatic rings. The van der Waals surface area contributed by atoms with Gasteiger partial charge in [-0.1, -0.05) is 0 Å². The SMILES string of the molecule is CC(C)N1c2ccc(F)cc2CC1CC(C)(C)O. The highest BCUT2D eigenvalue weighted by Gasteiger charge is 2.34. The maximum atomic E-state index is 13.3. The Balaban J connectivity index is 2.31. The van der Waals surface area contributed by atoms with Gasteiger partial charge < -0.3 is 10.0 Å². The lowest BCUT2D eigenvalue weighted by atomic mass is 9.96. The molecule has 18 heavy (non-hydrogen) atoms. The van der Waals surface area contributed by atoms with Crippen LogP contribution in [0.2, 0.25) is 0 Å². The maximum absolute atomic E-state index is 13.3. The van der Waals surface area contributed by atoms with Crippen LogP contribution in [0.5, 0.6) is 0 Å². The number of fused-ring (bicyclic) bond motifs is 1. The van der Waals surface area contributed by atoms with Crippen LogP contribution in [-0.4, -0.2) is 22.8 Å². The zero-order valence-corrected chi connectivity index (χ0v) is 11.6. The van der Waals surface area contributed by atoms with E-state index >= 15 is 0 Å². The molecule has 0 saturated carbocycles. The van der Waals surface area contributed by atoms with Gasteiger partial charge in [0.2, 0.25) is 0 Å². The highest BCUT2D eigenvalue weighted by Crippen LogP contribution is 2.37. The number of halogens is 1. The fraction of sp³-hybridized carbons (Fsp3) is 0.600. The quantitative estimate of drug-likeness (QED) is 0.892. The second-order valence-corrected chi connectivity index (χ2v) is 6.15. The largest absolute Gasteiger partial charge is 0.390 e. The van der Waals surface area contributed by atoms with Crippen LogP contribution in [0.4, 0.5) is 10.1 Å². The van der Waals surface area contributed by atoms with Crippen LogP contribution in [0.25, 0.3) is 0 Å². The van der Waals surface area contributed by atoms with Gasteiger partial charge in [0.05, 0.1) is 5.60 Å². The third kappa shape index (κ3) is 2.66. The van der Waals surface area contributed by atoms with Gasteiger partial charge in [-0.2, -0.15) is 0 Å². The number of hydrogen-bond donors (Lipinski definition) is 1. The van der Waals surface area contributed by atoms with Crippen molar-refractivity contribution >= 4 is 5.69 Å². The molecule has 3 heteroatoms. The van der Waals surface area contributed by atoms with Gasteiger partial charge in [0.1, 0.15) is 5.82 Å². The first-order chi connectivity index (χ1) is 8.28. The Morgan fingerprint density at radius 1 is 1.44 bits per heavy atom. The average Bonchev–Trinajstić information content (AvgIpc) is 2.51. The van der Waals surface area contributed by atoms with Crippen LogP contribution < -0.4 is 4.90 Å². The monoisotopic (exact) mass is 251 g/mol. The highest BCUT2D eigenvalue weighted by molar-refractivity contribution is 5.60. The molecule has 1 aliphatic rings. The minimum Gasteiger partial charge on any atom is -0.390 e. The third-order valence-corrected chi connectivity index (χ3v) is 3.46. The summed E-state index contributed by atoms with van der Waals surface area (Å²) < 4.78 is 13.3. The summed E-state index contributed by atoms with van der Waals surface area (Å²) in [6.45, 7) is 7.93.